The third-order valence-corrected chi connectivity index (χ3v) is 4.92. The van der Waals surface area contributed by atoms with Crippen molar-refractivity contribution in [2.45, 2.75) is 39.3 Å². The molecule has 0 aliphatic heterocycles. The smallest absolute Gasteiger partial charge is 0.410 e. The lowest BCUT2D eigenvalue weighted by atomic mass is 9.97. The van der Waals surface area contributed by atoms with Gasteiger partial charge in [0, 0.05) is 5.02 Å². The van der Waals surface area contributed by atoms with Gasteiger partial charge in [0.25, 0.3) is 0 Å². The van der Waals surface area contributed by atoms with Crippen molar-refractivity contribution >= 4 is 23.6 Å². The Labute approximate surface area is 165 Å². The highest BCUT2D eigenvalue weighted by Gasteiger charge is 2.34. The molecule has 0 radical (unpaired) electrons. The van der Waals surface area contributed by atoms with Crippen molar-refractivity contribution in [2.75, 3.05) is 0 Å². The van der Waals surface area contributed by atoms with E-state index in [2.05, 4.69) is 0 Å². The molecule has 2 aromatic rings. The highest BCUT2D eigenvalue weighted by Crippen LogP contribution is 2.25. The number of carbonyl (C=O) groups excluding carboxylic acids is 2. The standard InChI is InChI=1S/C21H25ClN2O3/c1-4-14(2)19(23)20(25)24(15(3)16-10-12-17(22)13-11-16)21(26)27-18-8-6-5-7-9-18/h5-15,19H,4,23H2,1-3H3/t14-,15?,19-/m0/s1. The maximum Gasteiger partial charge on any atom is 0.422 e. The van der Waals surface area contributed by atoms with Crippen LogP contribution in [-0.4, -0.2) is 22.9 Å². The molecule has 2 aromatic carbocycles. The number of imide groups is 1. The second-order valence-electron chi connectivity index (χ2n) is 6.53. The minimum atomic E-state index is -0.798. The highest BCUT2D eigenvalue weighted by atomic mass is 35.5. The summed E-state index contributed by atoms with van der Waals surface area (Å²) >= 11 is 5.95. The van der Waals surface area contributed by atoms with E-state index in [0.717, 1.165) is 16.9 Å². The molecular formula is C21H25ClN2O3. The number of para-hydroxylation sites is 1. The Bertz CT molecular complexity index is 765. The summed E-state index contributed by atoms with van der Waals surface area (Å²) in [7, 11) is 0. The van der Waals surface area contributed by atoms with E-state index in [1.54, 1.807) is 55.5 Å². The molecule has 144 valence electrons. The first-order valence-corrected chi connectivity index (χ1v) is 9.33. The van der Waals surface area contributed by atoms with E-state index in [4.69, 9.17) is 22.1 Å². The molecule has 0 aliphatic rings. The lowest BCUT2D eigenvalue weighted by Crippen LogP contribution is -2.51. The molecule has 0 aliphatic carbocycles. The maximum absolute atomic E-state index is 13.0. The molecule has 2 rings (SSSR count). The fraction of sp³-hybridized carbons (Fsp3) is 0.333. The molecule has 2 N–H and O–H groups in total. The zero-order valence-electron chi connectivity index (χ0n) is 15.8. The lowest BCUT2D eigenvalue weighted by Gasteiger charge is -2.30. The van der Waals surface area contributed by atoms with E-state index in [1.165, 1.54) is 0 Å². The monoisotopic (exact) mass is 388 g/mol. The van der Waals surface area contributed by atoms with Gasteiger partial charge in [0.2, 0.25) is 5.91 Å². The zero-order chi connectivity index (χ0) is 20.0. The summed E-state index contributed by atoms with van der Waals surface area (Å²) in [5.41, 5.74) is 6.88. The van der Waals surface area contributed by atoms with Crippen LogP contribution in [0.25, 0.3) is 0 Å². The molecule has 1 unspecified atom stereocenters. The SMILES string of the molecule is CC[C@H](C)[C@H](N)C(=O)N(C(=O)Oc1ccccc1)C(C)c1ccc(Cl)cc1. The summed E-state index contributed by atoms with van der Waals surface area (Å²) in [6, 6.07) is 14.3. The molecule has 6 heteroatoms. The summed E-state index contributed by atoms with van der Waals surface area (Å²) in [5, 5.41) is 0.576. The van der Waals surface area contributed by atoms with E-state index in [-0.39, 0.29) is 5.92 Å². The normalized spacial score (nSPS) is 14.1. The number of nitrogens with zero attached hydrogens (tertiary/aromatic N) is 1. The summed E-state index contributed by atoms with van der Waals surface area (Å²) in [6.07, 6.45) is -0.0310. The van der Waals surface area contributed by atoms with Gasteiger partial charge in [-0.3, -0.25) is 4.79 Å². The largest absolute Gasteiger partial charge is 0.422 e. The minimum absolute atomic E-state index is 0.0676. The topological polar surface area (TPSA) is 72.6 Å². The molecule has 0 heterocycles. The van der Waals surface area contributed by atoms with Crippen molar-refractivity contribution in [3.8, 4) is 5.75 Å². The van der Waals surface area contributed by atoms with E-state index < -0.39 is 24.1 Å². The molecule has 0 saturated heterocycles. The quantitative estimate of drug-likeness (QED) is 0.771. The second-order valence-corrected chi connectivity index (χ2v) is 6.96. The Hall–Kier alpha value is -2.37. The van der Waals surface area contributed by atoms with Gasteiger partial charge in [-0.15, -0.1) is 0 Å². The van der Waals surface area contributed by atoms with Crippen LogP contribution in [0.2, 0.25) is 5.02 Å². The first-order chi connectivity index (χ1) is 12.8. The number of amides is 2. The predicted molar refractivity (Wildman–Crippen MR) is 107 cm³/mol. The Balaban J connectivity index is 2.33. The number of rotatable bonds is 6. The average molecular weight is 389 g/mol. The van der Waals surface area contributed by atoms with E-state index in [9.17, 15) is 9.59 Å². The van der Waals surface area contributed by atoms with Crippen molar-refractivity contribution < 1.29 is 14.3 Å². The lowest BCUT2D eigenvalue weighted by molar-refractivity contribution is -0.133. The van der Waals surface area contributed by atoms with Crippen LogP contribution in [0.3, 0.4) is 0 Å². The molecule has 27 heavy (non-hydrogen) atoms. The van der Waals surface area contributed by atoms with Crippen molar-refractivity contribution in [1.82, 2.24) is 4.90 Å². The van der Waals surface area contributed by atoms with Crippen LogP contribution < -0.4 is 10.5 Å². The minimum Gasteiger partial charge on any atom is -0.410 e. The van der Waals surface area contributed by atoms with Gasteiger partial charge in [0.05, 0.1) is 12.1 Å². The number of halogens is 1. The molecule has 0 saturated carbocycles. The van der Waals surface area contributed by atoms with Crippen LogP contribution in [0.1, 0.15) is 38.8 Å². The van der Waals surface area contributed by atoms with Gasteiger partial charge < -0.3 is 10.5 Å². The maximum atomic E-state index is 13.0. The number of hydrogen-bond acceptors (Lipinski definition) is 4. The third kappa shape index (κ3) is 5.31. The number of benzene rings is 2. The Morgan fingerprint density at radius 2 is 1.67 bits per heavy atom. The van der Waals surface area contributed by atoms with Gasteiger partial charge >= 0.3 is 6.09 Å². The van der Waals surface area contributed by atoms with Crippen LogP contribution in [0.5, 0.6) is 5.75 Å². The van der Waals surface area contributed by atoms with Crippen LogP contribution in [0.15, 0.2) is 54.6 Å². The van der Waals surface area contributed by atoms with Crippen LogP contribution in [0, 0.1) is 5.92 Å². The summed E-state index contributed by atoms with van der Waals surface area (Å²) < 4.78 is 5.41. The number of ether oxygens (including phenoxy) is 1. The third-order valence-electron chi connectivity index (χ3n) is 4.66. The zero-order valence-corrected chi connectivity index (χ0v) is 16.5. The van der Waals surface area contributed by atoms with Crippen LogP contribution >= 0.6 is 11.6 Å². The average Bonchev–Trinajstić information content (AvgIpc) is 2.68. The van der Waals surface area contributed by atoms with Gasteiger partial charge in [-0.1, -0.05) is 62.2 Å². The van der Waals surface area contributed by atoms with Gasteiger partial charge in [0.1, 0.15) is 5.75 Å². The van der Waals surface area contributed by atoms with E-state index in [1.807, 2.05) is 19.9 Å². The van der Waals surface area contributed by atoms with Crippen molar-refractivity contribution in [3.05, 3.63) is 65.2 Å². The van der Waals surface area contributed by atoms with Gasteiger partial charge in [-0.05, 0) is 42.7 Å². The molecule has 0 aromatic heterocycles. The summed E-state index contributed by atoms with van der Waals surface area (Å²) in [6.45, 7) is 5.60. The van der Waals surface area contributed by atoms with Gasteiger partial charge in [-0.2, -0.15) is 0 Å². The number of carbonyl (C=O) groups is 2. The highest BCUT2D eigenvalue weighted by molar-refractivity contribution is 6.30. The predicted octanol–water partition coefficient (Wildman–Crippen LogP) is 4.80. The molecule has 5 nitrogen and oxygen atoms in total. The van der Waals surface area contributed by atoms with Crippen LogP contribution in [-0.2, 0) is 4.79 Å². The fourth-order valence-corrected chi connectivity index (χ4v) is 2.75. The molecule has 0 bridgehead atoms. The number of hydrogen-bond donors (Lipinski definition) is 1. The molecule has 0 spiro atoms. The number of nitrogens with two attached hydrogens (primary N) is 1. The van der Waals surface area contributed by atoms with Crippen LogP contribution in [0.4, 0.5) is 4.79 Å². The summed E-state index contributed by atoms with van der Waals surface area (Å²) in [5.74, 6) is -0.171. The van der Waals surface area contributed by atoms with Crippen molar-refractivity contribution in [1.29, 1.82) is 0 Å². The molecule has 2 amide bonds. The van der Waals surface area contributed by atoms with E-state index >= 15 is 0 Å². The van der Waals surface area contributed by atoms with Crippen molar-refractivity contribution in [3.63, 3.8) is 0 Å². The van der Waals surface area contributed by atoms with Gasteiger partial charge in [-0.25, -0.2) is 9.69 Å². The first-order valence-electron chi connectivity index (χ1n) is 8.96. The Morgan fingerprint density at radius 1 is 1.07 bits per heavy atom. The Morgan fingerprint density at radius 3 is 2.22 bits per heavy atom. The summed E-state index contributed by atoms with van der Waals surface area (Å²) in [4.78, 5) is 27.0. The Kier molecular flexibility index (Phi) is 7.39. The molecule has 0 fully saturated rings. The van der Waals surface area contributed by atoms with E-state index in [0.29, 0.717) is 10.8 Å². The molecular weight excluding hydrogens is 364 g/mol. The van der Waals surface area contributed by atoms with Gasteiger partial charge in [0.15, 0.2) is 0 Å². The fourth-order valence-electron chi connectivity index (χ4n) is 2.63. The second kappa shape index (κ2) is 9.53. The van der Waals surface area contributed by atoms with Crippen molar-refractivity contribution in [2.24, 2.45) is 11.7 Å². The first kappa shape index (κ1) is 20.9. The molecule has 3 atom stereocenters.